The van der Waals surface area contributed by atoms with Gasteiger partial charge in [0.1, 0.15) is 11.5 Å². The summed E-state index contributed by atoms with van der Waals surface area (Å²) < 4.78 is 30.2. The summed E-state index contributed by atoms with van der Waals surface area (Å²) in [5.74, 6) is -0.519. The van der Waals surface area contributed by atoms with Crippen molar-refractivity contribution in [3.05, 3.63) is 41.3 Å². The van der Waals surface area contributed by atoms with Crippen LogP contribution < -0.4 is 5.32 Å². The number of benzene rings is 1. The topological polar surface area (TPSA) is 89.3 Å². The highest BCUT2D eigenvalue weighted by atomic mass is 32.2. The van der Waals surface area contributed by atoms with Crippen LogP contribution in [0.5, 0.6) is 0 Å². The summed E-state index contributed by atoms with van der Waals surface area (Å²) in [5.41, 5.74) is 2.16. The average molecular weight is 364 g/mol. The molecule has 0 aliphatic carbocycles. The van der Waals surface area contributed by atoms with Crippen LogP contribution in [0, 0.1) is 13.8 Å². The smallest absolute Gasteiger partial charge is 0.235 e. The van der Waals surface area contributed by atoms with Crippen LogP contribution >= 0.6 is 0 Å². The van der Waals surface area contributed by atoms with Crippen LogP contribution in [0.4, 0.5) is 0 Å². The fourth-order valence-electron chi connectivity index (χ4n) is 2.37. The van der Waals surface area contributed by atoms with Crippen LogP contribution in [0.3, 0.4) is 0 Å². The first-order valence-corrected chi connectivity index (χ1v) is 10.1. The van der Waals surface area contributed by atoms with E-state index in [4.69, 9.17) is 4.42 Å². The highest BCUT2D eigenvalue weighted by Crippen LogP contribution is 2.25. The largest absolute Gasteiger partial charge is 0.441 e. The predicted molar refractivity (Wildman–Crippen MR) is 96.8 cm³/mol. The molecule has 25 heavy (non-hydrogen) atoms. The molecule has 0 radical (unpaired) electrons. The summed E-state index contributed by atoms with van der Waals surface area (Å²) in [5, 5.41) is 2.66. The Morgan fingerprint density at radius 3 is 2.60 bits per heavy atom. The number of sulfone groups is 1. The van der Waals surface area contributed by atoms with E-state index in [0.29, 0.717) is 17.3 Å². The second kappa shape index (κ2) is 7.82. The third kappa shape index (κ3) is 5.16. The van der Waals surface area contributed by atoms with E-state index in [-0.39, 0.29) is 11.8 Å². The van der Waals surface area contributed by atoms with Gasteiger partial charge in [-0.3, -0.25) is 4.79 Å². The zero-order valence-corrected chi connectivity index (χ0v) is 15.8. The Kier molecular flexibility index (Phi) is 6.00. The Morgan fingerprint density at radius 2 is 1.96 bits per heavy atom. The van der Waals surface area contributed by atoms with E-state index < -0.39 is 21.5 Å². The number of carbonyl (C=O) groups is 1. The first-order valence-electron chi connectivity index (χ1n) is 8.24. The summed E-state index contributed by atoms with van der Waals surface area (Å²) in [6.45, 7) is 7.37. The van der Waals surface area contributed by atoms with Gasteiger partial charge in [0.15, 0.2) is 9.84 Å². The Bertz CT molecular complexity index is 856. The lowest BCUT2D eigenvalue weighted by Gasteiger charge is -2.11. The monoisotopic (exact) mass is 364 g/mol. The zero-order chi connectivity index (χ0) is 18.6. The van der Waals surface area contributed by atoms with Crippen LogP contribution in [0.25, 0.3) is 11.5 Å². The predicted octanol–water partition coefficient (Wildman–Crippen LogP) is 2.79. The Labute approximate surface area is 148 Å². The Morgan fingerprint density at radius 1 is 1.28 bits per heavy atom. The van der Waals surface area contributed by atoms with Gasteiger partial charge in [0.25, 0.3) is 0 Å². The first kappa shape index (κ1) is 19.2. The van der Waals surface area contributed by atoms with Crippen molar-refractivity contribution in [1.82, 2.24) is 10.3 Å². The molecule has 7 heteroatoms. The number of aromatic nitrogens is 1. The summed E-state index contributed by atoms with van der Waals surface area (Å²) in [7, 11) is -3.62. The summed E-state index contributed by atoms with van der Waals surface area (Å²) >= 11 is 0. The number of hydrogen-bond acceptors (Lipinski definition) is 5. The third-order valence-corrected chi connectivity index (χ3v) is 5.41. The van der Waals surface area contributed by atoms with E-state index in [1.165, 1.54) is 0 Å². The van der Waals surface area contributed by atoms with E-state index in [9.17, 15) is 13.2 Å². The molecule has 1 amide bonds. The summed E-state index contributed by atoms with van der Waals surface area (Å²) in [4.78, 5) is 16.2. The minimum Gasteiger partial charge on any atom is -0.441 e. The molecule has 0 saturated heterocycles. The summed E-state index contributed by atoms with van der Waals surface area (Å²) in [6.07, 6.45) is 0.744. The summed E-state index contributed by atoms with van der Waals surface area (Å²) in [6, 6.07) is 7.54. The van der Waals surface area contributed by atoms with Gasteiger partial charge in [-0.25, -0.2) is 13.4 Å². The quantitative estimate of drug-likeness (QED) is 0.816. The molecule has 0 bridgehead atoms. The minimum absolute atomic E-state index is 0.0517. The third-order valence-electron chi connectivity index (χ3n) is 4.00. The molecule has 1 heterocycles. The molecule has 1 aromatic carbocycles. The van der Waals surface area contributed by atoms with Crippen LogP contribution in [-0.2, 0) is 20.4 Å². The van der Waals surface area contributed by atoms with Gasteiger partial charge in [-0.1, -0.05) is 25.1 Å². The van der Waals surface area contributed by atoms with Crippen molar-refractivity contribution in [1.29, 1.82) is 0 Å². The van der Waals surface area contributed by atoms with Gasteiger partial charge in [0.05, 0.1) is 11.4 Å². The lowest BCUT2D eigenvalue weighted by Crippen LogP contribution is -2.36. The second-order valence-corrected chi connectivity index (χ2v) is 8.31. The highest BCUT2D eigenvalue weighted by molar-refractivity contribution is 7.91. The van der Waals surface area contributed by atoms with Crippen molar-refractivity contribution in [2.45, 2.75) is 45.9 Å². The molecular weight excluding hydrogens is 340 g/mol. The highest BCUT2D eigenvalue weighted by Gasteiger charge is 2.23. The minimum atomic E-state index is -3.62. The van der Waals surface area contributed by atoms with Crippen molar-refractivity contribution in [3.63, 3.8) is 0 Å². The normalized spacial score (nSPS) is 12.8. The second-order valence-electron chi connectivity index (χ2n) is 6.25. The Hall–Kier alpha value is -2.15. The maximum absolute atomic E-state index is 12.3. The zero-order valence-electron chi connectivity index (χ0n) is 15.0. The molecule has 1 aromatic heterocycles. The molecule has 0 aliphatic rings. The first-order chi connectivity index (χ1) is 11.7. The lowest BCUT2D eigenvalue weighted by molar-refractivity contribution is -0.119. The van der Waals surface area contributed by atoms with Gasteiger partial charge in [0.2, 0.25) is 11.8 Å². The average Bonchev–Trinajstić information content (AvgIpc) is 2.86. The number of amides is 1. The van der Waals surface area contributed by atoms with Gasteiger partial charge in [-0.05, 0) is 38.8 Å². The standard InChI is InChI=1S/C18H24N2O4S/c1-5-13(3)19-17(21)11-25(22,23)10-16-14(4)24-18(20-16)15-9-7-6-8-12(15)2/h6-9,13H,5,10-11H2,1-4H3,(H,19,21)/t13-/m0/s1. The van der Waals surface area contributed by atoms with E-state index in [1.807, 2.05) is 45.0 Å². The van der Waals surface area contributed by atoms with Gasteiger partial charge >= 0.3 is 0 Å². The maximum atomic E-state index is 12.3. The Balaban J connectivity index is 2.15. The number of hydrogen-bond donors (Lipinski definition) is 1. The van der Waals surface area contributed by atoms with Crippen molar-refractivity contribution in [2.75, 3.05) is 5.75 Å². The van der Waals surface area contributed by atoms with Crippen molar-refractivity contribution in [3.8, 4) is 11.5 Å². The van der Waals surface area contributed by atoms with Crippen LogP contribution in [0.15, 0.2) is 28.7 Å². The van der Waals surface area contributed by atoms with E-state index in [2.05, 4.69) is 10.3 Å². The van der Waals surface area contributed by atoms with Gasteiger partial charge in [0, 0.05) is 11.6 Å². The number of nitrogens with zero attached hydrogens (tertiary/aromatic N) is 1. The van der Waals surface area contributed by atoms with Crippen LogP contribution in [-0.4, -0.2) is 31.1 Å². The molecule has 0 unspecified atom stereocenters. The number of oxazole rings is 1. The molecular formula is C18H24N2O4S. The van der Waals surface area contributed by atoms with E-state index in [0.717, 1.165) is 17.5 Å². The molecule has 0 aliphatic heterocycles. The van der Waals surface area contributed by atoms with Crippen molar-refractivity contribution in [2.24, 2.45) is 0 Å². The lowest BCUT2D eigenvalue weighted by atomic mass is 10.1. The fourth-order valence-corrected chi connectivity index (χ4v) is 3.64. The number of rotatable bonds is 7. The number of nitrogens with one attached hydrogen (secondary N) is 1. The molecule has 0 spiro atoms. The van der Waals surface area contributed by atoms with Gasteiger partial charge in [-0.2, -0.15) is 0 Å². The maximum Gasteiger partial charge on any atom is 0.235 e. The molecule has 1 N–H and O–H groups in total. The van der Waals surface area contributed by atoms with E-state index in [1.54, 1.807) is 6.92 Å². The van der Waals surface area contributed by atoms with Crippen molar-refractivity contribution >= 4 is 15.7 Å². The fraction of sp³-hybridized carbons (Fsp3) is 0.444. The molecule has 0 saturated carbocycles. The van der Waals surface area contributed by atoms with E-state index >= 15 is 0 Å². The van der Waals surface area contributed by atoms with Gasteiger partial charge < -0.3 is 9.73 Å². The molecule has 2 rings (SSSR count). The number of carbonyl (C=O) groups excluding carboxylic acids is 1. The SMILES string of the molecule is CC[C@H](C)NC(=O)CS(=O)(=O)Cc1nc(-c2ccccc2C)oc1C. The molecule has 2 aromatic rings. The molecule has 136 valence electrons. The van der Waals surface area contributed by atoms with Crippen LogP contribution in [0.1, 0.15) is 37.3 Å². The number of aryl methyl sites for hydroxylation is 2. The molecule has 0 fully saturated rings. The van der Waals surface area contributed by atoms with Crippen molar-refractivity contribution < 1.29 is 17.6 Å². The molecule has 1 atom stereocenters. The van der Waals surface area contributed by atoms with Crippen LogP contribution in [0.2, 0.25) is 0 Å². The molecule has 6 nitrogen and oxygen atoms in total. The van der Waals surface area contributed by atoms with Gasteiger partial charge in [-0.15, -0.1) is 0 Å².